The second-order valence-corrected chi connectivity index (χ2v) is 6.55. The maximum absolute atomic E-state index is 13.3. The van der Waals surface area contributed by atoms with Gasteiger partial charge in [-0.3, -0.25) is 4.79 Å². The number of rotatable bonds is 5. The Labute approximate surface area is 159 Å². The molecule has 144 valence electrons. The summed E-state index contributed by atoms with van der Waals surface area (Å²) in [6.07, 6.45) is 0.701. The Morgan fingerprint density at radius 1 is 1.22 bits per heavy atom. The zero-order chi connectivity index (χ0) is 19.6. The van der Waals surface area contributed by atoms with Gasteiger partial charge < -0.3 is 19.3 Å². The molecular weight excluding hydrogens is 344 g/mol. The molecule has 1 aromatic carbocycles. The van der Waals surface area contributed by atoms with Gasteiger partial charge in [-0.15, -0.1) is 0 Å². The van der Waals surface area contributed by atoms with Crippen LogP contribution in [0.3, 0.4) is 0 Å². The number of carbonyl (C=O) groups excluding carboxylic acids is 1. The number of nitrogens with zero attached hydrogens (tertiary/aromatic N) is 4. The zero-order valence-corrected chi connectivity index (χ0v) is 16.6. The Morgan fingerprint density at radius 3 is 2.48 bits per heavy atom. The van der Waals surface area contributed by atoms with Gasteiger partial charge in [0.05, 0.1) is 26.5 Å². The predicted octanol–water partition coefficient (Wildman–Crippen LogP) is 2.46. The molecule has 7 nitrogen and oxygen atoms in total. The molecule has 1 aliphatic heterocycles. The first kappa shape index (κ1) is 18.9. The number of amides is 1. The van der Waals surface area contributed by atoms with Crippen molar-refractivity contribution in [1.29, 1.82) is 0 Å². The Bertz CT molecular complexity index is 831. The number of anilines is 1. The van der Waals surface area contributed by atoms with Crippen molar-refractivity contribution in [2.75, 3.05) is 39.3 Å². The van der Waals surface area contributed by atoms with Gasteiger partial charge in [0.15, 0.2) is 0 Å². The number of aryl methyl sites for hydroxylation is 1. The highest BCUT2D eigenvalue weighted by Gasteiger charge is 2.29. The van der Waals surface area contributed by atoms with Crippen molar-refractivity contribution >= 4 is 11.7 Å². The minimum Gasteiger partial charge on any atom is -0.496 e. The minimum absolute atomic E-state index is 0.111. The van der Waals surface area contributed by atoms with Gasteiger partial charge in [0.25, 0.3) is 5.91 Å². The van der Waals surface area contributed by atoms with Crippen molar-refractivity contribution in [3.8, 4) is 11.5 Å². The number of ether oxygens (including phenoxy) is 2. The van der Waals surface area contributed by atoms with Crippen molar-refractivity contribution in [2.24, 2.45) is 0 Å². The molecule has 3 rings (SSSR count). The number of benzene rings is 1. The summed E-state index contributed by atoms with van der Waals surface area (Å²) in [6.45, 7) is 5.88. The highest BCUT2D eigenvalue weighted by Crippen LogP contribution is 2.32. The van der Waals surface area contributed by atoms with Gasteiger partial charge in [0, 0.05) is 32.1 Å². The van der Waals surface area contributed by atoms with Crippen LogP contribution < -0.4 is 14.4 Å². The molecule has 0 bridgehead atoms. The molecule has 7 heteroatoms. The molecular formula is C20H26N4O3. The lowest BCUT2D eigenvalue weighted by Gasteiger charge is -2.32. The molecule has 0 spiro atoms. The highest BCUT2D eigenvalue weighted by molar-refractivity contribution is 6.00. The SMILES string of the molecule is CCN(C)c1nc(C)nc2c1CN(C(=O)c1c(OC)cccc1OC)CC2. The quantitative estimate of drug-likeness (QED) is 0.805. The monoisotopic (exact) mass is 370 g/mol. The Morgan fingerprint density at radius 2 is 1.89 bits per heavy atom. The van der Waals surface area contributed by atoms with Crippen LogP contribution in [-0.4, -0.2) is 55.1 Å². The number of methoxy groups -OCH3 is 2. The average molecular weight is 370 g/mol. The summed E-state index contributed by atoms with van der Waals surface area (Å²) >= 11 is 0. The van der Waals surface area contributed by atoms with Crippen LogP contribution in [0.5, 0.6) is 11.5 Å². The molecule has 2 aromatic rings. The summed E-state index contributed by atoms with van der Waals surface area (Å²) in [6, 6.07) is 5.36. The van der Waals surface area contributed by atoms with Crippen molar-refractivity contribution in [2.45, 2.75) is 26.8 Å². The predicted molar refractivity (Wildman–Crippen MR) is 104 cm³/mol. The highest BCUT2D eigenvalue weighted by atomic mass is 16.5. The number of fused-ring (bicyclic) bond motifs is 1. The van der Waals surface area contributed by atoms with E-state index in [1.165, 1.54) is 0 Å². The lowest BCUT2D eigenvalue weighted by atomic mass is 10.0. The van der Waals surface area contributed by atoms with E-state index in [1.807, 2.05) is 24.9 Å². The van der Waals surface area contributed by atoms with Crippen molar-refractivity contribution < 1.29 is 14.3 Å². The van der Waals surface area contributed by atoms with E-state index >= 15 is 0 Å². The standard InChI is InChI=1S/C20H26N4O3/c1-6-23(3)19-14-12-24(11-10-15(14)21-13(2)22-19)20(25)18-16(26-4)8-7-9-17(18)27-5/h7-9H,6,10-12H2,1-5H3. The van der Waals surface area contributed by atoms with Gasteiger partial charge in [-0.2, -0.15) is 0 Å². The van der Waals surface area contributed by atoms with E-state index in [0.29, 0.717) is 36.6 Å². The molecule has 0 atom stereocenters. The molecule has 1 aromatic heterocycles. The molecule has 0 fully saturated rings. The molecule has 0 saturated carbocycles. The van der Waals surface area contributed by atoms with Gasteiger partial charge in [0.1, 0.15) is 28.7 Å². The first-order valence-corrected chi connectivity index (χ1v) is 9.07. The second kappa shape index (κ2) is 7.82. The van der Waals surface area contributed by atoms with E-state index in [1.54, 1.807) is 26.4 Å². The van der Waals surface area contributed by atoms with Crippen LogP contribution >= 0.6 is 0 Å². The lowest BCUT2D eigenvalue weighted by Crippen LogP contribution is -2.38. The molecule has 2 heterocycles. The van der Waals surface area contributed by atoms with Gasteiger partial charge in [-0.05, 0) is 26.0 Å². The van der Waals surface area contributed by atoms with Crippen LogP contribution in [0.2, 0.25) is 0 Å². The second-order valence-electron chi connectivity index (χ2n) is 6.55. The first-order valence-electron chi connectivity index (χ1n) is 9.07. The Kier molecular flexibility index (Phi) is 5.48. The van der Waals surface area contributed by atoms with Crippen LogP contribution in [0.1, 0.15) is 34.4 Å². The first-order chi connectivity index (χ1) is 13.0. The number of carbonyl (C=O) groups is 1. The zero-order valence-electron chi connectivity index (χ0n) is 16.6. The summed E-state index contributed by atoms with van der Waals surface area (Å²) in [5.41, 5.74) is 2.48. The normalized spacial score (nSPS) is 13.1. The van der Waals surface area contributed by atoms with Gasteiger partial charge in [-0.1, -0.05) is 6.07 Å². The van der Waals surface area contributed by atoms with Crippen LogP contribution in [0.25, 0.3) is 0 Å². The van der Waals surface area contributed by atoms with E-state index in [9.17, 15) is 4.79 Å². The Hall–Kier alpha value is -2.83. The maximum atomic E-state index is 13.3. The summed E-state index contributed by atoms with van der Waals surface area (Å²) in [7, 11) is 5.12. The van der Waals surface area contributed by atoms with Crippen LogP contribution in [0.15, 0.2) is 18.2 Å². The maximum Gasteiger partial charge on any atom is 0.261 e. The molecule has 0 unspecified atom stereocenters. The van der Waals surface area contributed by atoms with Crippen molar-refractivity contribution in [3.63, 3.8) is 0 Å². The number of hydrogen-bond acceptors (Lipinski definition) is 6. The summed E-state index contributed by atoms with van der Waals surface area (Å²) < 4.78 is 10.8. The van der Waals surface area contributed by atoms with Gasteiger partial charge in [-0.25, -0.2) is 9.97 Å². The lowest BCUT2D eigenvalue weighted by molar-refractivity contribution is 0.0726. The molecule has 0 saturated heterocycles. The van der Waals surface area contributed by atoms with E-state index in [0.717, 1.165) is 29.4 Å². The van der Waals surface area contributed by atoms with Crippen LogP contribution in [0.4, 0.5) is 5.82 Å². The van der Waals surface area contributed by atoms with Crippen molar-refractivity contribution in [3.05, 3.63) is 40.8 Å². The van der Waals surface area contributed by atoms with Crippen molar-refractivity contribution in [1.82, 2.24) is 14.9 Å². The fourth-order valence-corrected chi connectivity index (χ4v) is 3.38. The Balaban J connectivity index is 1.98. The fourth-order valence-electron chi connectivity index (χ4n) is 3.38. The third-order valence-electron chi connectivity index (χ3n) is 4.92. The van der Waals surface area contributed by atoms with Crippen LogP contribution in [-0.2, 0) is 13.0 Å². The molecule has 0 radical (unpaired) electrons. The molecule has 0 aliphatic carbocycles. The summed E-state index contributed by atoms with van der Waals surface area (Å²) in [5.74, 6) is 2.56. The number of hydrogen-bond donors (Lipinski definition) is 0. The van der Waals surface area contributed by atoms with E-state index in [4.69, 9.17) is 9.47 Å². The summed E-state index contributed by atoms with van der Waals surface area (Å²) in [4.78, 5) is 26.4. The van der Waals surface area contributed by atoms with Crippen LogP contribution in [0, 0.1) is 6.92 Å². The smallest absolute Gasteiger partial charge is 0.261 e. The average Bonchev–Trinajstić information content (AvgIpc) is 2.70. The third kappa shape index (κ3) is 3.54. The largest absolute Gasteiger partial charge is 0.496 e. The number of aromatic nitrogens is 2. The van der Waals surface area contributed by atoms with Gasteiger partial charge >= 0.3 is 0 Å². The van der Waals surface area contributed by atoms with Gasteiger partial charge in [0.2, 0.25) is 0 Å². The molecule has 1 aliphatic rings. The third-order valence-corrected chi connectivity index (χ3v) is 4.92. The fraction of sp³-hybridized carbons (Fsp3) is 0.450. The molecule has 0 N–H and O–H groups in total. The molecule has 1 amide bonds. The summed E-state index contributed by atoms with van der Waals surface area (Å²) in [5, 5.41) is 0. The topological polar surface area (TPSA) is 67.8 Å². The minimum atomic E-state index is -0.111. The van der Waals surface area contributed by atoms with E-state index in [-0.39, 0.29) is 5.91 Å². The molecule has 27 heavy (non-hydrogen) atoms. The van der Waals surface area contributed by atoms with E-state index < -0.39 is 0 Å². The van der Waals surface area contributed by atoms with E-state index in [2.05, 4.69) is 21.8 Å².